The van der Waals surface area contributed by atoms with Gasteiger partial charge in [-0.2, -0.15) is 0 Å². The van der Waals surface area contributed by atoms with E-state index in [-0.39, 0.29) is 17.0 Å². The maximum atomic E-state index is 13.6. The average Bonchev–Trinajstić information content (AvgIpc) is 2.23. The first-order valence-corrected chi connectivity index (χ1v) is 5.44. The summed E-state index contributed by atoms with van der Waals surface area (Å²) in [4.78, 5) is 17.9. The van der Waals surface area contributed by atoms with Crippen molar-refractivity contribution in [2.24, 2.45) is 0 Å². The summed E-state index contributed by atoms with van der Waals surface area (Å²) in [6, 6.07) is 6.14. The highest BCUT2D eigenvalue weighted by Gasteiger charge is 2.08. The Morgan fingerprint density at radius 1 is 1.47 bits per heavy atom. The van der Waals surface area contributed by atoms with Gasteiger partial charge < -0.3 is 4.98 Å². The second kappa shape index (κ2) is 4.67. The number of aryl methyl sites for hydroxylation is 1. The van der Waals surface area contributed by atoms with Crippen molar-refractivity contribution >= 4 is 11.6 Å². The van der Waals surface area contributed by atoms with E-state index in [0.29, 0.717) is 17.1 Å². The molecule has 3 nitrogen and oxygen atoms in total. The summed E-state index contributed by atoms with van der Waals surface area (Å²) in [5.74, 6) is -0.0468. The molecule has 0 unspecified atom stereocenters. The molecule has 0 aliphatic heterocycles. The SMILES string of the molecule is Cc1cc(=O)[nH]c(Cc2cccc(Cl)c2F)n1. The molecular formula is C12H10ClFN2O. The van der Waals surface area contributed by atoms with E-state index < -0.39 is 5.82 Å². The van der Waals surface area contributed by atoms with Crippen molar-refractivity contribution in [1.82, 2.24) is 9.97 Å². The second-order valence-corrected chi connectivity index (χ2v) is 4.13. The fraction of sp³-hybridized carbons (Fsp3) is 0.167. The summed E-state index contributed by atoms with van der Waals surface area (Å²) in [7, 11) is 0. The second-order valence-electron chi connectivity index (χ2n) is 3.72. The lowest BCUT2D eigenvalue weighted by atomic mass is 10.1. The number of hydrogen-bond donors (Lipinski definition) is 1. The Hall–Kier alpha value is -1.68. The molecule has 0 saturated heterocycles. The summed E-state index contributed by atoms with van der Waals surface area (Å²) in [5.41, 5.74) is 0.771. The van der Waals surface area contributed by atoms with Gasteiger partial charge in [-0.3, -0.25) is 4.79 Å². The number of aromatic nitrogens is 2. The predicted octanol–water partition coefficient (Wildman–Crippen LogP) is 2.46. The summed E-state index contributed by atoms with van der Waals surface area (Å²) >= 11 is 5.68. The maximum Gasteiger partial charge on any atom is 0.251 e. The molecule has 1 heterocycles. The summed E-state index contributed by atoms with van der Waals surface area (Å²) in [6.07, 6.45) is 0.212. The Labute approximate surface area is 102 Å². The number of nitrogens with zero attached hydrogens (tertiary/aromatic N) is 1. The third-order valence-corrected chi connectivity index (χ3v) is 2.60. The van der Waals surface area contributed by atoms with Gasteiger partial charge in [0, 0.05) is 18.2 Å². The molecule has 0 amide bonds. The Morgan fingerprint density at radius 2 is 2.24 bits per heavy atom. The Morgan fingerprint density at radius 3 is 2.94 bits per heavy atom. The topological polar surface area (TPSA) is 45.8 Å². The van der Waals surface area contributed by atoms with Gasteiger partial charge in [0.2, 0.25) is 0 Å². The minimum atomic E-state index is -0.474. The molecule has 0 bridgehead atoms. The number of rotatable bonds is 2. The van der Waals surface area contributed by atoms with Crippen molar-refractivity contribution in [1.29, 1.82) is 0 Å². The molecule has 0 radical (unpaired) electrons. The van der Waals surface area contributed by atoms with E-state index >= 15 is 0 Å². The van der Waals surface area contributed by atoms with Gasteiger partial charge in [-0.1, -0.05) is 23.7 Å². The van der Waals surface area contributed by atoms with Crippen LogP contribution in [0.5, 0.6) is 0 Å². The summed E-state index contributed by atoms with van der Waals surface area (Å²) < 4.78 is 13.6. The fourth-order valence-electron chi connectivity index (χ4n) is 1.59. The Kier molecular flexibility index (Phi) is 3.24. The lowest BCUT2D eigenvalue weighted by Gasteiger charge is -2.04. The number of nitrogens with one attached hydrogen (secondary N) is 1. The maximum absolute atomic E-state index is 13.6. The van der Waals surface area contributed by atoms with Crippen LogP contribution in [0.25, 0.3) is 0 Å². The van der Waals surface area contributed by atoms with Crippen molar-refractivity contribution in [2.75, 3.05) is 0 Å². The fourth-order valence-corrected chi connectivity index (χ4v) is 1.78. The minimum absolute atomic E-state index is 0.0671. The molecule has 0 atom stereocenters. The van der Waals surface area contributed by atoms with Crippen LogP contribution in [0.15, 0.2) is 29.1 Å². The average molecular weight is 253 g/mol. The van der Waals surface area contributed by atoms with E-state index in [9.17, 15) is 9.18 Å². The van der Waals surface area contributed by atoms with Crippen molar-refractivity contribution in [3.63, 3.8) is 0 Å². The third-order valence-electron chi connectivity index (χ3n) is 2.31. The number of aromatic amines is 1. The molecular weight excluding hydrogens is 243 g/mol. The molecule has 0 fully saturated rings. The van der Waals surface area contributed by atoms with Gasteiger partial charge in [-0.15, -0.1) is 0 Å². The number of halogens is 2. The zero-order valence-electron chi connectivity index (χ0n) is 9.13. The van der Waals surface area contributed by atoms with Crippen molar-refractivity contribution in [2.45, 2.75) is 13.3 Å². The van der Waals surface area contributed by atoms with Crippen LogP contribution >= 0.6 is 11.6 Å². The smallest absolute Gasteiger partial charge is 0.251 e. The zero-order valence-corrected chi connectivity index (χ0v) is 9.88. The van der Waals surface area contributed by atoms with Gasteiger partial charge in [0.05, 0.1) is 5.02 Å². The zero-order chi connectivity index (χ0) is 12.4. The standard InChI is InChI=1S/C12H10ClFN2O/c1-7-5-11(17)16-10(15-7)6-8-3-2-4-9(13)12(8)14/h2-5H,6H2,1H3,(H,15,16,17). The van der Waals surface area contributed by atoms with Crippen LogP contribution in [0.4, 0.5) is 4.39 Å². The van der Waals surface area contributed by atoms with E-state index in [4.69, 9.17) is 11.6 Å². The van der Waals surface area contributed by atoms with Crippen LogP contribution in [0.2, 0.25) is 5.02 Å². The Balaban J connectivity index is 2.38. The lowest BCUT2D eigenvalue weighted by Crippen LogP contribution is -2.12. The van der Waals surface area contributed by atoms with Crippen LogP contribution in [0, 0.1) is 12.7 Å². The van der Waals surface area contributed by atoms with Crippen LogP contribution in [-0.4, -0.2) is 9.97 Å². The Bertz CT molecular complexity index is 610. The molecule has 0 spiro atoms. The highest BCUT2D eigenvalue weighted by atomic mass is 35.5. The molecule has 2 rings (SSSR count). The summed E-state index contributed by atoms with van der Waals surface area (Å²) in [6.45, 7) is 1.72. The third kappa shape index (κ3) is 2.71. The molecule has 1 N–H and O–H groups in total. The van der Waals surface area contributed by atoms with E-state index in [1.807, 2.05) is 0 Å². The van der Waals surface area contributed by atoms with Gasteiger partial charge in [-0.05, 0) is 18.6 Å². The van der Waals surface area contributed by atoms with Crippen molar-refractivity contribution in [3.05, 3.63) is 62.5 Å². The van der Waals surface area contributed by atoms with Crippen LogP contribution in [-0.2, 0) is 6.42 Å². The van der Waals surface area contributed by atoms with Crippen molar-refractivity contribution in [3.8, 4) is 0 Å². The molecule has 0 aliphatic carbocycles. The van der Waals surface area contributed by atoms with Crippen molar-refractivity contribution < 1.29 is 4.39 Å². The molecule has 5 heteroatoms. The molecule has 17 heavy (non-hydrogen) atoms. The quantitative estimate of drug-likeness (QED) is 0.892. The molecule has 2 aromatic rings. The van der Waals surface area contributed by atoms with Gasteiger partial charge >= 0.3 is 0 Å². The molecule has 0 aliphatic rings. The van der Waals surface area contributed by atoms with E-state index in [2.05, 4.69) is 9.97 Å². The van der Waals surface area contributed by atoms with Gasteiger partial charge in [0.1, 0.15) is 11.6 Å². The van der Waals surface area contributed by atoms with Crippen LogP contribution < -0.4 is 5.56 Å². The highest BCUT2D eigenvalue weighted by Crippen LogP contribution is 2.19. The predicted molar refractivity (Wildman–Crippen MR) is 63.8 cm³/mol. The normalized spacial score (nSPS) is 10.5. The van der Waals surface area contributed by atoms with E-state index in [0.717, 1.165) is 0 Å². The lowest BCUT2D eigenvalue weighted by molar-refractivity contribution is 0.612. The largest absolute Gasteiger partial charge is 0.310 e. The number of hydrogen-bond acceptors (Lipinski definition) is 2. The summed E-state index contributed by atoms with van der Waals surface area (Å²) in [5, 5.41) is 0.0671. The van der Waals surface area contributed by atoms with Crippen LogP contribution in [0.3, 0.4) is 0 Å². The first-order chi connectivity index (χ1) is 8.06. The van der Waals surface area contributed by atoms with E-state index in [1.54, 1.807) is 19.1 Å². The minimum Gasteiger partial charge on any atom is -0.310 e. The molecule has 1 aromatic carbocycles. The first-order valence-electron chi connectivity index (χ1n) is 5.06. The monoisotopic (exact) mass is 252 g/mol. The first kappa shape index (κ1) is 11.8. The number of benzene rings is 1. The number of H-pyrrole nitrogens is 1. The van der Waals surface area contributed by atoms with Gasteiger partial charge in [0.15, 0.2) is 0 Å². The molecule has 88 valence electrons. The van der Waals surface area contributed by atoms with Crippen LogP contribution in [0.1, 0.15) is 17.1 Å². The van der Waals surface area contributed by atoms with Gasteiger partial charge in [-0.25, -0.2) is 9.37 Å². The molecule has 1 aromatic heterocycles. The molecule has 0 saturated carbocycles. The van der Waals surface area contributed by atoms with E-state index in [1.165, 1.54) is 12.1 Å². The highest BCUT2D eigenvalue weighted by molar-refractivity contribution is 6.30. The van der Waals surface area contributed by atoms with Gasteiger partial charge in [0.25, 0.3) is 5.56 Å².